The van der Waals surface area contributed by atoms with E-state index in [4.69, 9.17) is 9.05 Å². The molecule has 0 amide bonds. The van der Waals surface area contributed by atoms with Crippen molar-refractivity contribution in [3.05, 3.63) is 23.4 Å². The Morgan fingerprint density at radius 3 is 2.50 bits per heavy atom. The Morgan fingerprint density at radius 1 is 1.20 bits per heavy atom. The molecule has 110 valence electrons. The Morgan fingerprint density at radius 2 is 1.95 bits per heavy atom. The van der Waals surface area contributed by atoms with E-state index < -0.39 is 9.84 Å². The summed E-state index contributed by atoms with van der Waals surface area (Å²) in [5.74, 6) is 0.150. The van der Waals surface area contributed by atoms with Crippen LogP contribution in [0.2, 0.25) is 0 Å². The predicted octanol–water partition coefficient (Wildman–Crippen LogP) is 0.801. The zero-order valence-corrected chi connectivity index (χ0v) is 12.3. The summed E-state index contributed by atoms with van der Waals surface area (Å²) in [6.45, 7) is 1.91. The fourth-order valence-corrected chi connectivity index (χ4v) is 2.70. The summed E-state index contributed by atoms with van der Waals surface area (Å²) in [6.07, 6.45) is 0.694. The molecule has 8 nitrogen and oxygen atoms in total. The molecule has 2 heterocycles. The van der Waals surface area contributed by atoms with Crippen molar-refractivity contribution in [2.45, 2.75) is 24.9 Å². The molecule has 20 heavy (non-hydrogen) atoms. The molecular weight excluding hydrogens is 284 g/mol. The fraction of sp³-hybridized carbons (Fsp3) is 0.545. The van der Waals surface area contributed by atoms with Crippen LogP contribution in [0.25, 0.3) is 0 Å². The Kier molecular flexibility index (Phi) is 4.07. The third-order valence-corrected chi connectivity index (χ3v) is 3.94. The first-order valence-corrected chi connectivity index (χ1v) is 7.86. The summed E-state index contributed by atoms with van der Waals surface area (Å²) in [5.41, 5.74) is 0.725. The first-order chi connectivity index (χ1) is 9.39. The van der Waals surface area contributed by atoms with Gasteiger partial charge in [0.05, 0.1) is 5.69 Å². The van der Waals surface area contributed by atoms with Gasteiger partial charge in [-0.2, -0.15) is 4.98 Å². The van der Waals surface area contributed by atoms with Crippen LogP contribution >= 0.6 is 0 Å². The van der Waals surface area contributed by atoms with Gasteiger partial charge in [0, 0.05) is 20.2 Å². The minimum atomic E-state index is -3.44. The first kappa shape index (κ1) is 14.5. The molecule has 0 radical (unpaired) electrons. The maximum Gasteiger partial charge on any atom is 0.265 e. The van der Waals surface area contributed by atoms with Crippen LogP contribution in [0.15, 0.2) is 15.1 Å². The van der Waals surface area contributed by atoms with Crippen molar-refractivity contribution in [1.82, 2.24) is 15.3 Å². The normalized spacial score (nSPS) is 11.8. The van der Waals surface area contributed by atoms with Gasteiger partial charge < -0.3 is 13.9 Å². The Hall–Kier alpha value is -1.90. The highest BCUT2D eigenvalue weighted by Crippen LogP contribution is 2.14. The molecule has 0 aliphatic heterocycles. The Bertz CT molecular complexity index is 674. The van der Waals surface area contributed by atoms with Gasteiger partial charge in [-0.25, -0.2) is 8.42 Å². The van der Waals surface area contributed by atoms with E-state index in [1.165, 1.54) is 0 Å². The van der Waals surface area contributed by atoms with Gasteiger partial charge in [0.1, 0.15) is 11.5 Å². The van der Waals surface area contributed by atoms with Crippen LogP contribution in [-0.2, 0) is 27.8 Å². The monoisotopic (exact) mass is 300 g/mol. The smallest absolute Gasteiger partial charge is 0.265 e. The number of hydrogen-bond acceptors (Lipinski definition) is 8. The fourth-order valence-electron chi connectivity index (χ4n) is 1.53. The summed E-state index contributed by atoms with van der Waals surface area (Å²) in [6, 6.07) is 1.64. The molecule has 9 heteroatoms. The largest absolute Gasteiger partial charge is 0.360 e. The molecule has 0 aliphatic rings. The lowest BCUT2D eigenvalue weighted by Crippen LogP contribution is -2.11. The summed E-state index contributed by atoms with van der Waals surface area (Å²) in [7, 11) is 0.0366. The van der Waals surface area contributed by atoms with Gasteiger partial charge in [-0.15, -0.1) is 0 Å². The molecule has 0 spiro atoms. The van der Waals surface area contributed by atoms with Gasteiger partial charge in [-0.1, -0.05) is 12.1 Å². The molecule has 2 aromatic rings. The number of aromatic nitrogens is 3. The van der Waals surface area contributed by atoms with E-state index in [1.807, 2.05) is 6.92 Å². The Labute approximate surface area is 116 Å². The molecule has 0 fully saturated rings. The van der Waals surface area contributed by atoms with Crippen LogP contribution in [0, 0.1) is 0 Å². The minimum absolute atomic E-state index is 0.0592. The number of hydrogen-bond donors (Lipinski definition) is 0. The van der Waals surface area contributed by atoms with Crippen LogP contribution < -0.4 is 4.90 Å². The highest BCUT2D eigenvalue weighted by molar-refractivity contribution is 7.89. The standard InChI is InChI=1S/C11H16N4O4S/c1-4-8-5-9(18-13-8)6-20(16,17)7-10-12-11(14-19-10)15(2)3/h5H,4,6-7H2,1-3H3. The number of aryl methyl sites for hydroxylation is 1. The maximum absolute atomic E-state index is 12.0. The van der Waals surface area contributed by atoms with Crippen molar-refractivity contribution in [2.75, 3.05) is 19.0 Å². The second-order valence-electron chi connectivity index (χ2n) is 4.55. The molecule has 0 aromatic carbocycles. The third kappa shape index (κ3) is 3.56. The zero-order chi connectivity index (χ0) is 14.8. The van der Waals surface area contributed by atoms with Crippen LogP contribution in [0.1, 0.15) is 24.3 Å². The van der Waals surface area contributed by atoms with Crippen molar-refractivity contribution < 1.29 is 17.5 Å². The van der Waals surface area contributed by atoms with Crippen LogP contribution in [0.3, 0.4) is 0 Å². The van der Waals surface area contributed by atoms with Crippen molar-refractivity contribution in [3.63, 3.8) is 0 Å². The van der Waals surface area contributed by atoms with Crippen LogP contribution in [0.5, 0.6) is 0 Å². The van der Waals surface area contributed by atoms with Gasteiger partial charge >= 0.3 is 0 Å². The van der Waals surface area contributed by atoms with Crippen molar-refractivity contribution in [1.29, 1.82) is 0 Å². The molecule has 2 rings (SSSR count). The quantitative estimate of drug-likeness (QED) is 0.772. The van der Waals surface area contributed by atoms with E-state index in [1.54, 1.807) is 25.1 Å². The van der Waals surface area contributed by atoms with Gasteiger partial charge in [0.15, 0.2) is 15.6 Å². The van der Waals surface area contributed by atoms with E-state index in [0.29, 0.717) is 18.1 Å². The minimum Gasteiger partial charge on any atom is -0.360 e. The van der Waals surface area contributed by atoms with E-state index in [9.17, 15) is 8.42 Å². The van der Waals surface area contributed by atoms with Gasteiger partial charge in [-0.3, -0.25) is 0 Å². The summed E-state index contributed by atoms with van der Waals surface area (Å²) >= 11 is 0. The van der Waals surface area contributed by atoms with Crippen molar-refractivity contribution in [2.24, 2.45) is 0 Å². The number of sulfone groups is 1. The molecule has 0 atom stereocenters. The van der Waals surface area contributed by atoms with E-state index in [0.717, 1.165) is 5.69 Å². The third-order valence-electron chi connectivity index (χ3n) is 2.53. The SMILES string of the molecule is CCc1cc(CS(=O)(=O)Cc2nc(N(C)C)no2)on1. The lowest BCUT2D eigenvalue weighted by atomic mass is 10.3. The first-order valence-electron chi connectivity index (χ1n) is 6.04. The summed E-state index contributed by atoms with van der Waals surface area (Å²) in [5, 5.41) is 7.42. The second-order valence-corrected chi connectivity index (χ2v) is 6.62. The van der Waals surface area contributed by atoms with Gasteiger partial charge in [-0.05, 0) is 11.6 Å². The lowest BCUT2D eigenvalue weighted by Gasteiger charge is -2.02. The average molecular weight is 300 g/mol. The van der Waals surface area contributed by atoms with E-state index in [2.05, 4.69) is 15.3 Å². The number of nitrogens with zero attached hydrogens (tertiary/aromatic N) is 4. The number of anilines is 1. The molecule has 0 aliphatic carbocycles. The maximum atomic E-state index is 12.0. The van der Waals surface area contributed by atoms with Crippen LogP contribution in [-0.4, -0.2) is 37.8 Å². The topological polar surface area (TPSA) is 102 Å². The molecule has 0 bridgehead atoms. The van der Waals surface area contributed by atoms with E-state index >= 15 is 0 Å². The second kappa shape index (κ2) is 5.61. The highest BCUT2D eigenvalue weighted by Gasteiger charge is 2.20. The van der Waals surface area contributed by atoms with Gasteiger partial charge in [0.2, 0.25) is 5.89 Å². The van der Waals surface area contributed by atoms with Crippen LogP contribution in [0.4, 0.5) is 5.95 Å². The molecule has 0 saturated heterocycles. The highest BCUT2D eigenvalue weighted by atomic mass is 32.2. The predicted molar refractivity (Wildman–Crippen MR) is 70.8 cm³/mol. The molecule has 0 N–H and O–H groups in total. The summed E-state index contributed by atoms with van der Waals surface area (Å²) in [4.78, 5) is 5.61. The average Bonchev–Trinajstić information content (AvgIpc) is 2.97. The Balaban J connectivity index is 2.06. The van der Waals surface area contributed by atoms with Gasteiger partial charge in [0.25, 0.3) is 5.95 Å². The molecule has 2 aromatic heterocycles. The van der Waals surface area contributed by atoms with Crippen molar-refractivity contribution in [3.8, 4) is 0 Å². The molecule has 0 unspecified atom stereocenters. The van der Waals surface area contributed by atoms with E-state index in [-0.39, 0.29) is 17.4 Å². The summed E-state index contributed by atoms with van der Waals surface area (Å²) < 4.78 is 33.9. The zero-order valence-electron chi connectivity index (χ0n) is 11.5. The van der Waals surface area contributed by atoms with Crippen molar-refractivity contribution >= 4 is 15.8 Å². The molecule has 0 saturated carbocycles. The number of rotatable bonds is 6. The molecular formula is C11H16N4O4S. The lowest BCUT2D eigenvalue weighted by molar-refractivity contribution is 0.382.